The number of hydrogen-bond acceptors (Lipinski definition) is 3. The van der Waals surface area contributed by atoms with Gasteiger partial charge in [0, 0.05) is 0 Å². The van der Waals surface area contributed by atoms with Gasteiger partial charge in [-0.05, 0) is 26.2 Å². The highest BCUT2D eigenvalue weighted by Gasteiger charge is 2.53. The van der Waals surface area contributed by atoms with Gasteiger partial charge in [0.25, 0.3) is 0 Å². The number of carbonyl (C=O) groups is 2. The normalized spacial score (nSPS) is 14.7. The van der Waals surface area contributed by atoms with Gasteiger partial charge in [-0.3, -0.25) is 0 Å². The average Bonchev–Trinajstić information content (AvgIpc) is 2.08. The number of carboxylic acid groups (broad SMARTS) is 1. The van der Waals surface area contributed by atoms with Crippen LogP contribution in [0.4, 0.5) is 13.6 Å². The molecule has 0 fully saturated rings. The maximum absolute atomic E-state index is 13.6. The van der Waals surface area contributed by atoms with Gasteiger partial charge in [0.15, 0.2) is 0 Å². The summed E-state index contributed by atoms with van der Waals surface area (Å²) >= 11 is 0. The van der Waals surface area contributed by atoms with E-state index >= 15 is 0 Å². The van der Waals surface area contributed by atoms with Crippen molar-refractivity contribution in [1.82, 2.24) is 5.32 Å². The van der Waals surface area contributed by atoms with Crippen molar-refractivity contribution in [1.29, 1.82) is 0 Å². The van der Waals surface area contributed by atoms with Crippen molar-refractivity contribution >= 4 is 12.1 Å². The first kappa shape index (κ1) is 17.6. The number of amides is 1. The summed E-state index contributed by atoms with van der Waals surface area (Å²) in [5.41, 5.74) is -2.01. The summed E-state index contributed by atoms with van der Waals surface area (Å²) in [7, 11) is 0. The number of carbonyl (C=O) groups excluding carboxylic acids is 1. The smallest absolute Gasteiger partial charge is 0.408 e. The van der Waals surface area contributed by atoms with Crippen molar-refractivity contribution in [3.8, 4) is 0 Å². The molecule has 0 saturated heterocycles. The van der Waals surface area contributed by atoms with Crippen LogP contribution in [0.3, 0.4) is 0 Å². The van der Waals surface area contributed by atoms with Crippen LogP contribution >= 0.6 is 0 Å². The summed E-state index contributed by atoms with van der Waals surface area (Å²) in [6, 6.07) is -1.88. The monoisotopic (exact) mass is 281 g/mol. The van der Waals surface area contributed by atoms with Crippen LogP contribution in [-0.4, -0.2) is 34.7 Å². The molecular formula is C12H21F2NO4. The number of ether oxygens (including phenoxy) is 1. The highest BCUT2D eigenvalue weighted by atomic mass is 19.3. The maximum Gasteiger partial charge on any atom is 0.408 e. The molecule has 0 rings (SSSR count). The highest BCUT2D eigenvalue weighted by Crippen LogP contribution is 2.32. The van der Waals surface area contributed by atoms with Crippen LogP contribution in [0.1, 0.15) is 41.5 Å². The minimum atomic E-state index is -4.09. The van der Waals surface area contributed by atoms with Crippen molar-refractivity contribution in [3.05, 3.63) is 0 Å². The Morgan fingerprint density at radius 1 is 1.11 bits per heavy atom. The molecule has 112 valence electrons. The van der Waals surface area contributed by atoms with Crippen LogP contribution in [0, 0.1) is 5.41 Å². The van der Waals surface area contributed by atoms with Crippen molar-refractivity contribution in [2.24, 2.45) is 5.41 Å². The van der Waals surface area contributed by atoms with Gasteiger partial charge in [-0.15, -0.1) is 0 Å². The minimum Gasteiger partial charge on any atom is -0.477 e. The van der Waals surface area contributed by atoms with Crippen molar-refractivity contribution in [2.75, 3.05) is 0 Å². The number of alkyl halides is 2. The van der Waals surface area contributed by atoms with Gasteiger partial charge in [-0.25, -0.2) is 9.59 Å². The summed E-state index contributed by atoms with van der Waals surface area (Å²) in [4.78, 5) is 22.2. The quantitative estimate of drug-likeness (QED) is 0.834. The SMILES string of the molecule is CC(C)(C)OC(=O)NC(C(C)(C)C)C(F)(F)C(=O)O. The first-order valence-electron chi connectivity index (χ1n) is 5.78. The van der Waals surface area contributed by atoms with Crippen LogP contribution in [0.15, 0.2) is 0 Å². The van der Waals surface area contributed by atoms with Crippen LogP contribution < -0.4 is 5.32 Å². The first-order chi connectivity index (χ1) is 8.18. The van der Waals surface area contributed by atoms with E-state index < -0.39 is 35.0 Å². The predicted molar refractivity (Wildman–Crippen MR) is 65.2 cm³/mol. The fraction of sp³-hybridized carbons (Fsp3) is 0.833. The molecule has 1 atom stereocenters. The lowest BCUT2D eigenvalue weighted by atomic mass is 9.83. The molecule has 0 aliphatic heterocycles. The Kier molecular flexibility index (Phi) is 4.91. The third-order valence-corrected chi connectivity index (χ3v) is 2.17. The Balaban J connectivity index is 5.13. The fourth-order valence-corrected chi connectivity index (χ4v) is 1.40. The molecule has 2 N–H and O–H groups in total. The molecule has 19 heavy (non-hydrogen) atoms. The van der Waals surface area contributed by atoms with Gasteiger partial charge >= 0.3 is 18.0 Å². The topological polar surface area (TPSA) is 75.6 Å². The third kappa shape index (κ3) is 5.40. The molecule has 0 aliphatic rings. The number of halogens is 2. The van der Waals surface area contributed by atoms with Gasteiger partial charge in [0.2, 0.25) is 0 Å². The zero-order chi connectivity index (χ0) is 15.6. The Morgan fingerprint density at radius 3 is 1.79 bits per heavy atom. The Bertz CT molecular complexity index is 356. The zero-order valence-electron chi connectivity index (χ0n) is 12.0. The van der Waals surface area contributed by atoms with Gasteiger partial charge in [-0.2, -0.15) is 8.78 Å². The molecule has 0 saturated carbocycles. The molecule has 0 radical (unpaired) electrons. The lowest BCUT2D eigenvalue weighted by molar-refractivity contribution is -0.174. The number of nitrogens with one attached hydrogen (secondary N) is 1. The van der Waals surface area contributed by atoms with Crippen molar-refractivity contribution in [3.63, 3.8) is 0 Å². The molecule has 7 heteroatoms. The number of alkyl carbamates (subject to hydrolysis) is 1. The zero-order valence-corrected chi connectivity index (χ0v) is 12.0. The minimum absolute atomic E-state index is 0.856. The molecule has 5 nitrogen and oxygen atoms in total. The first-order valence-corrected chi connectivity index (χ1v) is 5.78. The van der Waals surface area contributed by atoms with E-state index in [1.807, 2.05) is 5.32 Å². The second kappa shape index (κ2) is 5.30. The number of carboxylic acids is 1. The summed E-state index contributed by atoms with van der Waals surface area (Å²) in [5, 5.41) is 10.5. The van der Waals surface area contributed by atoms with E-state index in [-0.39, 0.29) is 0 Å². The van der Waals surface area contributed by atoms with E-state index in [1.54, 1.807) is 20.8 Å². The molecule has 0 spiro atoms. The second-order valence-electron chi connectivity index (χ2n) is 6.37. The van der Waals surface area contributed by atoms with Gasteiger partial charge in [0.05, 0.1) is 0 Å². The summed E-state index contributed by atoms with van der Waals surface area (Å²) in [6.07, 6.45) is -1.08. The van der Waals surface area contributed by atoms with Crippen LogP contribution in [-0.2, 0) is 9.53 Å². The molecule has 0 heterocycles. The summed E-state index contributed by atoms with van der Waals surface area (Å²) < 4.78 is 32.1. The summed E-state index contributed by atoms with van der Waals surface area (Å²) in [6.45, 7) is 8.96. The van der Waals surface area contributed by atoms with Crippen LogP contribution in [0.2, 0.25) is 0 Å². The van der Waals surface area contributed by atoms with E-state index in [2.05, 4.69) is 0 Å². The Morgan fingerprint density at radius 2 is 1.53 bits per heavy atom. The van der Waals surface area contributed by atoms with E-state index in [1.165, 1.54) is 20.8 Å². The second-order valence-corrected chi connectivity index (χ2v) is 6.37. The molecular weight excluding hydrogens is 260 g/mol. The molecule has 1 unspecified atom stereocenters. The van der Waals surface area contributed by atoms with Gasteiger partial charge in [0.1, 0.15) is 11.6 Å². The number of aliphatic carboxylic acids is 1. The predicted octanol–water partition coefficient (Wildman–Crippen LogP) is 2.65. The van der Waals surface area contributed by atoms with Crippen LogP contribution in [0.5, 0.6) is 0 Å². The molecule has 0 aliphatic carbocycles. The fourth-order valence-electron chi connectivity index (χ4n) is 1.40. The third-order valence-electron chi connectivity index (χ3n) is 2.17. The maximum atomic E-state index is 13.6. The van der Waals surface area contributed by atoms with Crippen molar-refractivity contribution < 1.29 is 28.2 Å². The molecule has 0 aromatic heterocycles. The largest absolute Gasteiger partial charge is 0.477 e. The van der Waals surface area contributed by atoms with E-state index in [9.17, 15) is 18.4 Å². The molecule has 0 bridgehead atoms. The van der Waals surface area contributed by atoms with Gasteiger partial charge < -0.3 is 15.2 Å². The van der Waals surface area contributed by atoms with E-state index in [4.69, 9.17) is 9.84 Å². The Hall–Kier alpha value is -1.40. The molecule has 0 aromatic carbocycles. The number of hydrogen-bond donors (Lipinski definition) is 2. The van der Waals surface area contributed by atoms with Crippen LogP contribution in [0.25, 0.3) is 0 Å². The lowest BCUT2D eigenvalue weighted by Crippen LogP contribution is -2.58. The Labute approximate surface area is 111 Å². The number of rotatable bonds is 3. The van der Waals surface area contributed by atoms with Crippen molar-refractivity contribution in [2.45, 2.75) is 59.1 Å². The highest BCUT2D eigenvalue weighted by molar-refractivity contribution is 5.78. The summed E-state index contributed by atoms with van der Waals surface area (Å²) in [5.74, 6) is -6.38. The standard InChI is InChI=1S/C12H21F2NO4/c1-10(2,3)7(12(13,14)8(16)17)15-9(18)19-11(4,5)6/h7H,1-6H3,(H,15,18)(H,16,17). The van der Waals surface area contributed by atoms with Gasteiger partial charge in [-0.1, -0.05) is 20.8 Å². The average molecular weight is 281 g/mol. The molecule has 0 aromatic rings. The molecule has 1 amide bonds. The lowest BCUT2D eigenvalue weighted by Gasteiger charge is -2.35. The van der Waals surface area contributed by atoms with E-state index in [0.717, 1.165) is 0 Å². The van der Waals surface area contributed by atoms with E-state index in [0.29, 0.717) is 0 Å².